The summed E-state index contributed by atoms with van der Waals surface area (Å²) in [5.41, 5.74) is 1.84. The van der Waals surface area contributed by atoms with E-state index in [-0.39, 0.29) is 23.3 Å². The monoisotopic (exact) mass is 399 g/mol. The molecular formula is C22H25NO4S. The maximum atomic E-state index is 13.4. The number of carbonyl (C=O) groups excluding carboxylic acids is 1. The van der Waals surface area contributed by atoms with Crippen molar-refractivity contribution in [1.82, 2.24) is 4.90 Å². The van der Waals surface area contributed by atoms with E-state index in [1.54, 1.807) is 24.3 Å². The van der Waals surface area contributed by atoms with Crippen LogP contribution in [0.3, 0.4) is 0 Å². The van der Waals surface area contributed by atoms with E-state index >= 15 is 0 Å². The van der Waals surface area contributed by atoms with Crippen molar-refractivity contribution >= 4 is 15.7 Å². The quantitative estimate of drug-likeness (QED) is 0.858. The van der Waals surface area contributed by atoms with Crippen molar-refractivity contribution in [2.45, 2.75) is 49.1 Å². The van der Waals surface area contributed by atoms with Gasteiger partial charge < -0.3 is 10.0 Å². The highest BCUT2D eigenvalue weighted by molar-refractivity contribution is 7.92. The first-order valence-corrected chi connectivity index (χ1v) is 11.3. The summed E-state index contributed by atoms with van der Waals surface area (Å²) in [6, 6.07) is 16.0. The van der Waals surface area contributed by atoms with Gasteiger partial charge in [0.1, 0.15) is 11.5 Å². The molecule has 1 heterocycles. The summed E-state index contributed by atoms with van der Waals surface area (Å²) >= 11 is 0. The molecule has 4 atom stereocenters. The zero-order valence-corrected chi connectivity index (χ0v) is 16.7. The number of fused-ring (bicyclic) bond motifs is 1. The highest BCUT2D eigenvalue weighted by atomic mass is 32.2. The van der Waals surface area contributed by atoms with Crippen LogP contribution in [0.25, 0.3) is 0 Å². The number of likely N-dealkylation sites (tertiary alicyclic amines) is 1. The molecule has 2 aromatic rings. The molecule has 2 aliphatic rings. The number of hydrogen-bond acceptors (Lipinski definition) is 4. The van der Waals surface area contributed by atoms with Crippen molar-refractivity contribution in [2.24, 2.45) is 11.8 Å². The van der Waals surface area contributed by atoms with Gasteiger partial charge in [0.05, 0.1) is 4.90 Å². The van der Waals surface area contributed by atoms with Gasteiger partial charge in [0.15, 0.2) is 9.84 Å². The van der Waals surface area contributed by atoms with Gasteiger partial charge in [-0.05, 0) is 43.4 Å². The number of nitrogens with zero attached hydrogens (tertiary/aromatic N) is 1. The predicted octanol–water partition coefficient (Wildman–Crippen LogP) is 2.91. The molecule has 1 aliphatic heterocycles. The Kier molecular flexibility index (Phi) is 5.02. The Hall–Kier alpha value is -2.18. The Labute approximate surface area is 165 Å². The van der Waals surface area contributed by atoms with Gasteiger partial charge in [-0.15, -0.1) is 0 Å². The van der Waals surface area contributed by atoms with Gasteiger partial charge in [0.2, 0.25) is 5.91 Å². The van der Waals surface area contributed by atoms with Gasteiger partial charge in [-0.25, -0.2) is 8.42 Å². The molecule has 2 fully saturated rings. The summed E-state index contributed by atoms with van der Waals surface area (Å²) in [6.45, 7) is 2.11. The number of piperidine rings is 1. The van der Waals surface area contributed by atoms with Crippen molar-refractivity contribution in [2.75, 3.05) is 0 Å². The van der Waals surface area contributed by atoms with E-state index in [2.05, 4.69) is 0 Å². The van der Waals surface area contributed by atoms with Crippen molar-refractivity contribution in [3.63, 3.8) is 0 Å². The van der Waals surface area contributed by atoms with E-state index in [0.717, 1.165) is 24.0 Å². The van der Waals surface area contributed by atoms with Crippen LogP contribution in [0.2, 0.25) is 0 Å². The lowest BCUT2D eigenvalue weighted by Gasteiger charge is -2.43. The Bertz CT molecular complexity index is 956. The summed E-state index contributed by atoms with van der Waals surface area (Å²) in [5.74, 6) is -1.02. The lowest BCUT2D eigenvalue weighted by atomic mass is 9.85. The summed E-state index contributed by atoms with van der Waals surface area (Å²) in [6.07, 6.45) is 1.29. The molecule has 1 N–H and O–H groups in total. The Morgan fingerprint density at radius 2 is 1.64 bits per heavy atom. The van der Waals surface area contributed by atoms with Crippen LogP contribution >= 0.6 is 0 Å². The number of benzene rings is 2. The molecule has 1 saturated carbocycles. The number of amides is 1. The number of carbonyl (C=O) groups is 1. The molecule has 1 unspecified atom stereocenters. The van der Waals surface area contributed by atoms with Crippen LogP contribution < -0.4 is 0 Å². The molecule has 4 rings (SSSR count). The first-order chi connectivity index (χ1) is 13.4. The molecule has 28 heavy (non-hydrogen) atoms. The van der Waals surface area contributed by atoms with Crippen LogP contribution in [0.4, 0.5) is 0 Å². The van der Waals surface area contributed by atoms with Gasteiger partial charge in [0, 0.05) is 12.5 Å². The average Bonchev–Trinajstić information content (AvgIpc) is 3.15. The molecule has 148 valence electrons. The third-order valence-electron chi connectivity index (χ3n) is 6.12. The maximum Gasteiger partial charge on any atom is 0.243 e. The summed E-state index contributed by atoms with van der Waals surface area (Å²) in [4.78, 5) is 14.9. The largest absolute Gasteiger partial charge is 0.373 e. The molecule has 0 aromatic heterocycles. The zero-order chi connectivity index (χ0) is 19.9. The van der Waals surface area contributed by atoms with Gasteiger partial charge in [-0.2, -0.15) is 0 Å². The molecule has 2 aromatic carbocycles. The minimum atomic E-state index is -3.83. The van der Waals surface area contributed by atoms with Gasteiger partial charge in [-0.1, -0.05) is 54.4 Å². The molecule has 1 aliphatic carbocycles. The lowest BCUT2D eigenvalue weighted by molar-refractivity contribution is -0.157. The molecule has 6 heteroatoms. The second-order valence-corrected chi connectivity index (χ2v) is 9.97. The normalized spacial score (nSPS) is 27.6. The third-order valence-corrected chi connectivity index (χ3v) is 8.27. The van der Waals surface area contributed by atoms with Gasteiger partial charge in [0.25, 0.3) is 0 Å². The minimum absolute atomic E-state index is 0.179. The molecule has 5 nitrogen and oxygen atoms in total. The fraction of sp³-hybridized carbons (Fsp3) is 0.409. The SMILES string of the molecule is Cc1ccc(S(=O)(=O)[C@H]2C(=O)N(Cc3ccccc3)C(O)[C@@H]3CCC[C@@H]32)cc1. The number of aliphatic hydroxyl groups excluding tert-OH is 1. The maximum absolute atomic E-state index is 13.4. The van der Waals surface area contributed by atoms with Crippen LogP contribution in [0.15, 0.2) is 59.5 Å². The first-order valence-electron chi connectivity index (χ1n) is 9.72. The molecule has 1 saturated heterocycles. The Balaban J connectivity index is 1.72. The zero-order valence-electron chi connectivity index (χ0n) is 15.9. The number of sulfone groups is 1. The standard InChI is InChI=1S/C22H25NO4S/c1-15-10-12-17(13-11-15)28(26,27)20-18-8-5-9-19(18)21(24)23(22(20)25)14-16-6-3-2-4-7-16/h2-4,6-7,10-13,18-21,24H,5,8-9,14H2,1H3/t18-,19+,20+,21?/m0/s1. The second-order valence-electron chi connectivity index (χ2n) is 7.90. The van der Waals surface area contributed by atoms with Crippen LogP contribution in [-0.2, 0) is 21.2 Å². The van der Waals surface area contributed by atoms with E-state index < -0.39 is 27.2 Å². The highest BCUT2D eigenvalue weighted by Gasteiger charge is 2.54. The van der Waals surface area contributed by atoms with Crippen LogP contribution in [-0.4, -0.2) is 35.8 Å². The summed E-state index contributed by atoms with van der Waals surface area (Å²) < 4.78 is 26.9. The Morgan fingerprint density at radius 1 is 1.00 bits per heavy atom. The number of aryl methyl sites for hydroxylation is 1. The summed E-state index contributed by atoms with van der Waals surface area (Å²) in [7, 11) is -3.83. The Morgan fingerprint density at radius 3 is 2.32 bits per heavy atom. The number of hydrogen-bond donors (Lipinski definition) is 1. The van der Waals surface area contributed by atoms with Crippen LogP contribution in [0.1, 0.15) is 30.4 Å². The first kappa shape index (κ1) is 19.2. The van der Waals surface area contributed by atoms with E-state index in [1.807, 2.05) is 37.3 Å². The van der Waals surface area contributed by atoms with Crippen LogP contribution in [0, 0.1) is 18.8 Å². The highest BCUT2D eigenvalue weighted by Crippen LogP contribution is 2.45. The minimum Gasteiger partial charge on any atom is -0.373 e. The summed E-state index contributed by atoms with van der Waals surface area (Å²) in [5, 5.41) is 9.74. The lowest BCUT2D eigenvalue weighted by Crippen LogP contribution is -2.59. The van der Waals surface area contributed by atoms with Crippen molar-refractivity contribution < 1.29 is 18.3 Å². The fourth-order valence-corrected chi connectivity index (χ4v) is 6.67. The molecule has 0 spiro atoms. The molecule has 0 radical (unpaired) electrons. The van der Waals surface area contributed by atoms with E-state index in [9.17, 15) is 18.3 Å². The van der Waals surface area contributed by atoms with Crippen LogP contribution in [0.5, 0.6) is 0 Å². The van der Waals surface area contributed by atoms with E-state index in [4.69, 9.17) is 0 Å². The number of aliphatic hydroxyl groups is 1. The van der Waals surface area contributed by atoms with Crippen molar-refractivity contribution in [3.8, 4) is 0 Å². The van der Waals surface area contributed by atoms with Crippen molar-refractivity contribution in [1.29, 1.82) is 0 Å². The smallest absolute Gasteiger partial charge is 0.243 e. The predicted molar refractivity (Wildman–Crippen MR) is 106 cm³/mol. The molecule has 0 bridgehead atoms. The average molecular weight is 400 g/mol. The fourth-order valence-electron chi connectivity index (χ4n) is 4.66. The molecular weight excluding hydrogens is 374 g/mol. The topological polar surface area (TPSA) is 74.7 Å². The van der Waals surface area contributed by atoms with Gasteiger partial charge >= 0.3 is 0 Å². The van der Waals surface area contributed by atoms with E-state index in [1.165, 1.54) is 4.90 Å². The second kappa shape index (κ2) is 7.33. The van der Waals surface area contributed by atoms with Gasteiger partial charge in [-0.3, -0.25) is 4.79 Å². The molecule has 1 amide bonds. The van der Waals surface area contributed by atoms with Crippen molar-refractivity contribution in [3.05, 3.63) is 65.7 Å². The number of rotatable bonds is 4. The van der Waals surface area contributed by atoms with E-state index in [0.29, 0.717) is 6.42 Å². The third kappa shape index (κ3) is 3.25.